The summed E-state index contributed by atoms with van der Waals surface area (Å²) >= 11 is 4.71. The van der Waals surface area contributed by atoms with Crippen LogP contribution in [-0.4, -0.2) is 14.8 Å². The van der Waals surface area contributed by atoms with Crippen molar-refractivity contribution in [2.75, 3.05) is 0 Å². The standard InChI is InChI=1S/C13H16BrFN4S/c1-8(2)19-12(6-16)17-18-13(19)20-7-9-3-4-10(14)5-11(9)15/h3-5,8H,6-7,16H2,1-2H3. The lowest BCUT2D eigenvalue weighted by atomic mass is 10.2. The Kier molecular flexibility index (Phi) is 5.17. The lowest BCUT2D eigenvalue weighted by Gasteiger charge is -2.12. The second-order valence-corrected chi connectivity index (χ2v) is 6.45. The molecular formula is C13H16BrFN4S. The molecule has 0 saturated heterocycles. The van der Waals surface area contributed by atoms with E-state index in [1.54, 1.807) is 6.07 Å². The van der Waals surface area contributed by atoms with Crippen LogP contribution in [0.15, 0.2) is 27.8 Å². The van der Waals surface area contributed by atoms with Gasteiger partial charge in [0, 0.05) is 16.3 Å². The summed E-state index contributed by atoms with van der Waals surface area (Å²) < 4.78 is 16.5. The largest absolute Gasteiger partial charge is 0.324 e. The summed E-state index contributed by atoms with van der Waals surface area (Å²) in [6.45, 7) is 4.44. The molecule has 1 heterocycles. The van der Waals surface area contributed by atoms with Gasteiger partial charge in [0.25, 0.3) is 0 Å². The van der Waals surface area contributed by atoms with Gasteiger partial charge in [0.2, 0.25) is 0 Å². The number of halogens is 2. The lowest BCUT2D eigenvalue weighted by Crippen LogP contribution is -2.11. The minimum atomic E-state index is -0.221. The molecule has 0 aliphatic heterocycles. The van der Waals surface area contributed by atoms with Gasteiger partial charge in [-0.25, -0.2) is 4.39 Å². The Labute approximate surface area is 130 Å². The van der Waals surface area contributed by atoms with E-state index in [1.807, 2.05) is 24.5 Å². The molecule has 0 fully saturated rings. The van der Waals surface area contributed by atoms with Crippen molar-refractivity contribution in [2.45, 2.75) is 37.3 Å². The first-order valence-corrected chi connectivity index (χ1v) is 8.01. The highest BCUT2D eigenvalue weighted by Gasteiger charge is 2.14. The first kappa shape index (κ1) is 15.5. The second kappa shape index (κ2) is 6.69. The van der Waals surface area contributed by atoms with E-state index in [-0.39, 0.29) is 11.9 Å². The van der Waals surface area contributed by atoms with Crippen LogP contribution in [-0.2, 0) is 12.3 Å². The second-order valence-electron chi connectivity index (χ2n) is 4.59. The lowest BCUT2D eigenvalue weighted by molar-refractivity contribution is 0.526. The van der Waals surface area contributed by atoms with Crippen LogP contribution in [0.3, 0.4) is 0 Å². The van der Waals surface area contributed by atoms with Gasteiger partial charge in [0.05, 0.1) is 6.54 Å². The number of nitrogens with two attached hydrogens (primary N) is 1. The fraction of sp³-hybridized carbons (Fsp3) is 0.385. The van der Waals surface area contributed by atoms with Crippen LogP contribution in [0.1, 0.15) is 31.3 Å². The van der Waals surface area contributed by atoms with Gasteiger partial charge in [0.1, 0.15) is 11.6 Å². The van der Waals surface area contributed by atoms with Gasteiger partial charge in [-0.05, 0) is 31.5 Å². The highest BCUT2D eigenvalue weighted by molar-refractivity contribution is 9.10. The highest BCUT2D eigenvalue weighted by Crippen LogP contribution is 2.26. The number of hydrogen-bond donors (Lipinski definition) is 1. The van der Waals surface area contributed by atoms with E-state index in [2.05, 4.69) is 26.1 Å². The number of benzene rings is 1. The van der Waals surface area contributed by atoms with Crippen molar-refractivity contribution < 1.29 is 4.39 Å². The number of rotatable bonds is 5. The molecule has 0 atom stereocenters. The molecule has 7 heteroatoms. The predicted octanol–water partition coefficient (Wildman–Crippen LogP) is 3.51. The van der Waals surface area contributed by atoms with E-state index in [1.165, 1.54) is 17.8 Å². The summed E-state index contributed by atoms with van der Waals surface area (Å²) in [6, 6.07) is 5.29. The molecule has 20 heavy (non-hydrogen) atoms. The zero-order valence-corrected chi connectivity index (χ0v) is 13.7. The maximum Gasteiger partial charge on any atom is 0.191 e. The molecule has 108 valence electrons. The zero-order chi connectivity index (χ0) is 14.7. The maximum atomic E-state index is 13.8. The zero-order valence-electron chi connectivity index (χ0n) is 11.3. The fourth-order valence-electron chi connectivity index (χ4n) is 1.84. The fourth-order valence-corrected chi connectivity index (χ4v) is 3.25. The monoisotopic (exact) mass is 358 g/mol. The Balaban J connectivity index is 2.17. The van der Waals surface area contributed by atoms with Gasteiger partial charge in [-0.2, -0.15) is 0 Å². The van der Waals surface area contributed by atoms with E-state index in [4.69, 9.17) is 5.73 Å². The first-order valence-electron chi connectivity index (χ1n) is 6.23. The van der Waals surface area contributed by atoms with E-state index < -0.39 is 0 Å². The van der Waals surface area contributed by atoms with Crippen molar-refractivity contribution in [2.24, 2.45) is 5.73 Å². The highest BCUT2D eigenvalue weighted by atomic mass is 79.9. The Bertz CT molecular complexity index is 600. The molecular weight excluding hydrogens is 343 g/mol. The molecule has 2 aromatic rings. The molecule has 0 spiro atoms. The molecule has 1 aromatic heterocycles. The third-order valence-electron chi connectivity index (χ3n) is 2.81. The molecule has 4 nitrogen and oxygen atoms in total. The molecule has 0 aliphatic rings. The average molecular weight is 359 g/mol. The van der Waals surface area contributed by atoms with Gasteiger partial charge in [0.15, 0.2) is 5.16 Å². The summed E-state index contributed by atoms with van der Waals surface area (Å²) in [5.41, 5.74) is 6.30. The van der Waals surface area contributed by atoms with E-state index >= 15 is 0 Å². The molecule has 0 aliphatic carbocycles. The molecule has 1 aromatic carbocycles. The summed E-state index contributed by atoms with van der Waals surface area (Å²) in [5, 5.41) is 8.97. The van der Waals surface area contributed by atoms with E-state index in [9.17, 15) is 4.39 Å². The van der Waals surface area contributed by atoms with Gasteiger partial charge in [-0.1, -0.05) is 33.8 Å². The molecule has 0 saturated carbocycles. The normalized spacial score (nSPS) is 11.3. The van der Waals surface area contributed by atoms with Gasteiger partial charge in [-0.15, -0.1) is 10.2 Å². The molecule has 0 unspecified atom stereocenters. The van der Waals surface area contributed by atoms with Crippen LogP contribution >= 0.6 is 27.7 Å². The molecule has 0 bridgehead atoms. The Morgan fingerprint density at radius 1 is 1.40 bits per heavy atom. The quantitative estimate of drug-likeness (QED) is 0.830. The smallest absolute Gasteiger partial charge is 0.191 e. The van der Waals surface area contributed by atoms with Crippen molar-refractivity contribution in [3.05, 3.63) is 39.9 Å². The van der Waals surface area contributed by atoms with Crippen molar-refractivity contribution in [3.63, 3.8) is 0 Å². The average Bonchev–Trinajstić information content (AvgIpc) is 2.80. The van der Waals surface area contributed by atoms with Crippen LogP contribution in [0.5, 0.6) is 0 Å². The topological polar surface area (TPSA) is 56.7 Å². The summed E-state index contributed by atoms with van der Waals surface area (Å²) in [6.07, 6.45) is 0. The van der Waals surface area contributed by atoms with E-state index in [0.29, 0.717) is 17.9 Å². The third kappa shape index (κ3) is 3.39. The van der Waals surface area contributed by atoms with Crippen LogP contribution in [0.2, 0.25) is 0 Å². The number of nitrogens with zero attached hydrogens (tertiary/aromatic N) is 3. The third-order valence-corrected chi connectivity index (χ3v) is 4.29. The van der Waals surface area contributed by atoms with Crippen molar-refractivity contribution in [1.29, 1.82) is 0 Å². The Hall–Kier alpha value is -0.920. The number of aromatic nitrogens is 3. The van der Waals surface area contributed by atoms with Gasteiger partial charge < -0.3 is 10.3 Å². The van der Waals surface area contributed by atoms with Gasteiger partial charge in [-0.3, -0.25) is 0 Å². The van der Waals surface area contributed by atoms with Crippen LogP contribution < -0.4 is 5.73 Å². The van der Waals surface area contributed by atoms with Gasteiger partial charge >= 0.3 is 0 Å². The molecule has 2 rings (SSSR count). The summed E-state index contributed by atoms with van der Waals surface area (Å²) in [7, 11) is 0. The predicted molar refractivity (Wildman–Crippen MR) is 82.0 cm³/mol. The summed E-state index contributed by atoms with van der Waals surface area (Å²) in [4.78, 5) is 0. The van der Waals surface area contributed by atoms with Crippen LogP contribution in [0, 0.1) is 5.82 Å². The Morgan fingerprint density at radius 2 is 2.15 bits per heavy atom. The Morgan fingerprint density at radius 3 is 2.75 bits per heavy atom. The molecule has 0 amide bonds. The maximum absolute atomic E-state index is 13.8. The molecule has 0 radical (unpaired) electrons. The van der Waals surface area contributed by atoms with Crippen molar-refractivity contribution in [3.8, 4) is 0 Å². The van der Waals surface area contributed by atoms with Crippen LogP contribution in [0.25, 0.3) is 0 Å². The van der Waals surface area contributed by atoms with Crippen molar-refractivity contribution in [1.82, 2.24) is 14.8 Å². The molecule has 2 N–H and O–H groups in total. The SMILES string of the molecule is CC(C)n1c(CN)nnc1SCc1ccc(Br)cc1F. The first-order chi connectivity index (χ1) is 9.52. The van der Waals surface area contributed by atoms with Crippen molar-refractivity contribution >= 4 is 27.7 Å². The minimum absolute atomic E-state index is 0.221. The number of hydrogen-bond acceptors (Lipinski definition) is 4. The summed E-state index contributed by atoms with van der Waals surface area (Å²) in [5.74, 6) is 1.04. The minimum Gasteiger partial charge on any atom is -0.324 e. The number of thioether (sulfide) groups is 1. The van der Waals surface area contributed by atoms with Crippen LogP contribution in [0.4, 0.5) is 4.39 Å². The van der Waals surface area contributed by atoms with E-state index in [0.717, 1.165) is 15.5 Å².